The summed E-state index contributed by atoms with van der Waals surface area (Å²) in [5.74, 6) is 2.35. The summed E-state index contributed by atoms with van der Waals surface area (Å²) in [4.78, 5) is 0. The maximum atomic E-state index is 14.9. The van der Waals surface area contributed by atoms with E-state index in [4.69, 9.17) is 0 Å². The maximum absolute atomic E-state index is 14.9. The van der Waals surface area contributed by atoms with Gasteiger partial charge >= 0.3 is 390 Å². The molecule has 0 N–H and O–H groups in total. The predicted octanol–water partition coefficient (Wildman–Crippen LogP) is 10.5. The Bertz CT molecular complexity index is 2740. The minimum Gasteiger partial charge on any atom is -1.00 e. The van der Waals surface area contributed by atoms with Crippen LogP contribution in [0.15, 0.2) is 105 Å². The third-order valence-corrected chi connectivity index (χ3v) is 26.2. The van der Waals surface area contributed by atoms with Crippen LogP contribution in [0.5, 0.6) is 0 Å². The first-order valence-electron chi connectivity index (χ1n) is 23.8. The molecule has 0 spiro atoms. The van der Waals surface area contributed by atoms with Crippen molar-refractivity contribution in [1.82, 2.24) is 0 Å². The van der Waals surface area contributed by atoms with Gasteiger partial charge in [-0.05, 0) is 0 Å². The topological polar surface area (TPSA) is 0 Å². The number of fused-ring (bicyclic) bond motifs is 5. The van der Waals surface area contributed by atoms with Crippen LogP contribution in [0, 0.1) is 29.1 Å². The van der Waals surface area contributed by atoms with Crippen molar-refractivity contribution in [3.63, 3.8) is 0 Å². The summed E-state index contributed by atoms with van der Waals surface area (Å²) in [6.45, 7) is 17.8. The van der Waals surface area contributed by atoms with E-state index in [0.717, 1.165) is 47.4 Å². The van der Waals surface area contributed by atoms with Crippen LogP contribution >= 0.6 is 0 Å². The van der Waals surface area contributed by atoms with Crippen molar-refractivity contribution >= 4 is 14.4 Å². The van der Waals surface area contributed by atoms with Crippen molar-refractivity contribution in [2.45, 2.75) is 127 Å². The molecule has 0 amide bonds. The molecule has 4 aromatic rings. The number of halogens is 8. The van der Waals surface area contributed by atoms with Gasteiger partial charge in [-0.15, -0.1) is 0 Å². The molecule has 1 unspecified atom stereocenters. The van der Waals surface area contributed by atoms with Gasteiger partial charge in [0, 0.05) is 0 Å². The van der Waals surface area contributed by atoms with Gasteiger partial charge < -0.3 is 24.8 Å². The van der Waals surface area contributed by atoms with Crippen LogP contribution in [0.3, 0.4) is 0 Å². The standard InChI is InChI=1S/C25H25.C18H25.C15H8F6.2ClH.Zr/c1-14-12-24(3,4)22-8-16-7-17-9-23-19(15(2)13-25(23,5)6)11-21(17)20(16)10-18(14)22;1-12-3-13(2)17(4-12)11-18-8-14-5-15(9-18)7-16(6-14)10-18;16-14(17,18)12-5-1-3-10(8-12)7-11-4-2-6-13(9-11)15(19,20)21;;;/h7-13H,1-6H3;4,12,14-16H,5-11H2,1-2H3;1-6,8-9H;2*1H;/q;;;;;+2/p-2. The molecule has 8 aliphatic carbocycles. The molecule has 0 saturated heterocycles. The first kappa shape index (κ1) is 48.8. The molecule has 4 fully saturated rings. The molecular weight excluding hydrogens is 973 g/mol. The fraction of sp³-hybridized carbons (Fsp3) is 0.431. The van der Waals surface area contributed by atoms with Gasteiger partial charge in [-0.25, -0.2) is 0 Å². The van der Waals surface area contributed by atoms with Crippen molar-refractivity contribution in [1.29, 1.82) is 0 Å². The van der Waals surface area contributed by atoms with Crippen LogP contribution in [-0.2, 0) is 44.4 Å². The quantitative estimate of drug-likeness (QED) is 0.169. The molecule has 0 radical (unpaired) electrons. The monoisotopic (exact) mass is 1030 g/mol. The van der Waals surface area contributed by atoms with Crippen LogP contribution in [0.2, 0.25) is 0 Å². The second kappa shape index (κ2) is 16.4. The molecule has 8 aliphatic rings. The molecule has 0 aliphatic heterocycles. The predicted molar refractivity (Wildman–Crippen MR) is 248 cm³/mol. The average molecular weight is 1030 g/mol. The fourth-order valence-electron chi connectivity index (χ4n) is 15.0. The minimum atomic E-state index is -4.64. The van der Waals surface area contributed by atoms with E-state index in [1.54, 1.807) is 12.1 Å². The van der Waals surface area contributed by atoms with E-state index in [-0.39, 0.29) is 50.6 Å². The Hall–Kier alpha value is -3.25. The largest absolute Gasteiger partial charge is 1.00 e. The molecule has 0 aromatic heterocycles. The van der Waals surface area contributed by atoms with Crippen molar-refractivity contribution in [2.75, 3.05) is 0 Å². The van der Waals surface area contributed by atoms with Crippen molar-refractivity contribution in [3.8, 4) is 11.1 Å². The zero-order valence-electron chi connectivity index (χ0n) is 39.5. The number of hydrogen-bond donors (Lipinski definition) is 0. The number of hydrogen-bond acceptors (Lipinski definition) is 0. The average Bonchev–Trinajstić information content (AvgIpc) is 3.83. The molecule has 4 aromatic carbocycles. The number of benzene rings is 4. The van der Waals surface area contributed by atoms with E-state index in [1.807, 2.05) is 0 Å². The Balaban J connectivity index is 0.00000281. The van der Waals surface area contributed by atoms with E-state index in [1.165, 1.54) is 122 Å². The van der Waals surface area contributed by atoms with Crippen LogP contribution in [0.4, 0.5) is 26.3 Å². The van der Waals surface area contributed by atoms with E-state index < -0.39 is 44.7 Å². The van der Waals surface area contributed by atoms with Crippen molar-refractivity contribution in [2.24, 2.45) is 29.1 Å². The van der Waals surface area contributed by atoms with Crippen molar-refractivity contribution < 1.29 is 72.4 Å². The van der Waals surface area contributed by atoms with Gasteiger partial charge in [0.2, 0.25) is 0 Å². The molecule has 4 saturated carbocycles. The zero-order valence-corrected chi connectivity index (χ0v) is 43.5. The molecule has 0 nitrogen and oxygen atoms in total. The second-order valence-corrected chi connectivity index (χ2v) is 28.6. The summed E-state index contributed by atoms with van der Waals surface area (Å²) in [6, 6.07) is 20.5. The van der Waals surface area contributed by atoms with Crippen molar-refractivity contribution in [3.05, 3.63) is 161 Å². The number of alkyl halides is 6. The summed E-state index contributed by atoms with van der Waals surface area (Å²) < 4.78 is 91.0. The van der Waals surface area contributed by atoms with Gasteiger partial charge in [0.25, 0.3) is 0 Å². The summed E-state index contributed by atoms with van der Waals surface area (Å²) in [7, 11) is 0. The van der Waals surface area contributed by atoms with E-state index >= 15 is 0 Å². The Morgan fingerprint density at radius 2 is 1.04 bits per heavy atom. The van der Waals surface area contributed by atoms with E-state index in [0.29, 0.717) is 14.3 Å². The smallest absolute Gasteiger partial charge is 1.00 e. The number of allylic oxidation sites excluding steroid dienone is 8. The van der Waals surface area contributed by atoms with Gasteiger partial charge in [-0.1, -0.05) is 0 Å². The van der Waals surface area contributed by atoms with Crippen LogP contribution in [-0.4, -0.2) is 3.21 Å². The first-order valence-corrected chi connectivity index (χ1v) is 27.7. The molecule has 350 valence electrons. The fourth-order valence-corrected chi connectivity index (χ4v) is 24.9. The summed E-state index contributed by atoms with van der Waals surface area (Å²) in [6.07, 6.45) is 6.69. The number of rotatable bonds is 6. The summed E-state index contributed by atoms with van der Waals surface area (Å²) in [5, 5.41) is 0. The van der Waals surface area contributed by atoms with Gasteiger partial charge in [-0.2, -0.15) is 0 Å². The normalized spacial score (nSPS) is 25.8. The Labute approximate surface area is 412 Å². The van der Waals surface area contributed by atoms with Gasteiger partial charge in [0.1, 0.15) is 0 Å². The third kappa shape index (κ3) is 7.94. The van der Waals surface area contributed by atoms with Crippen LogP contribution < -0.4 is 24.8 Å². The van der Waals surface area contributed by atoms with E-state index in [9.17, 15) is 26.3 Å². The van der Waals surface area contributed by atoms with Crippen LogP contribution in [0.1, 0.15) is 160 Å². The molecule has 0 heterocycles. The Kier molecular flexibility index (Phi) is 11.9. The second-order valence-electron chi connectivity index (χ2n) is 22.6. The van der Waals surface area contributed by atoms with Gasteiger partial charge in [-0.3, -0.25) is 0 Å². The molecule has 67 heavy (non-hydrogen) atoms. The zero-order chi connectivity index (χ0) is 45.9. The first-order chi connectivity index (χ1) is 30.5. The van der Waals surface area contributed by atoms with E-state index in [2.05, 4.69) is 97.9 Å². The summed E-state index contributed by atoms with van der Waals surface area (Å²) in [5.41, 5.74) is 13.5. The molecule has 1 atom stereocenters. The third-order valence-electron chi connectivity index (χ3n) is 17.0. The van der Waals surface area contributed by atoms with Gasteiger partial charge in [0.05, 0.1) is 0 Å². The Morgan fingerprint density at radius 3 is 1.46 bits per heavy atom. The maximum Gasteiger partial charge on any atom is -1.00 e. The molecular formula is C58H58Cl2F6Zr. The summed E-state index contributed by atoms with van der Waals surface area (Å²) >= 11 is -3.95. The molecule has 12 rings (SSSR count). The Morgan fingerprint density at radius 1 is 0.612 bits per heavy atom. The van der Waals surface area contributed by atoms with Gasteiger partial charge in [0.15, 0.2) is 0 Å². The minimum absolute atomic E-state index is 0. The van der Waals surface area contributed by atoms with Crippen LogP contribution in [0.25, 0.3) is 22.3 Å². The molecule has 4 bridgehead atoms. The SMILES string of the molecule is CC1=CC(C)(C)c2cc3c(cc21)-c1cc2c(cc1[CH]3[Zr+2]([C]1=C(C)C(CC34CC5CC(CC(C5)C3)C4)=CC1C)=[C](c1cccc(C(F)(F)F)c1)c1cccc(C(F)(F)F)c1)C(C)(C)C=C2C.[Cl-].[Cl-]. The molecule has 9 heteroatoms.